The summed E-state index contributed by atoms with van der Waals surface area (Å²) >= 11 is 0. The fourth-order valence-corrected chi connectivity index (χ4v) is 1.19. The largest absolute Gasteiger partial charge is 0.417 e. The number of rotatable bonds is 2. The molecule has 80 valence electrons. The lowest BCUT2D eigenvalue weighted by Crippen LogP contribution is -2.11. The average molecular weight is 214 g/mol. The van der Waals surface area contributed by atoms with Crippen LogP contribution < -0.4 is 0 Å². The molecule has 1 aromatic rings. The zero-order valence-corrected chi connectivity index (χ0v) is 8.01. The fraction of sp³-hybridized carbons (Fsp3) is 0.182. The zero-order chi connectivity index (χ0) is 11.5. The van der Waals surface area contributed by atoms with E-state index < -0.39 is 17.5 Å². The molecule has 1 nitrogen and oxygen atoms in total. The maximum absolute atomic E-state index is 12.5. The van der Waals surface area contributed by atoms with Crippen LogP contribution in [-0.4, -0.2) is 5.78 Å². The SMILES string of the molecule is CC=CC(=O)c1ccccc1C(F)(F)F. The van der Waals surface area contributed by atoms with Gasteiger partial charge in [0, 0.05) is 5.56 Å². The van der Waals surface area contributed by atoms with Gasteiger partial charge in [0.25, 0.3) is 0 Å². The van der Waals surface area contributed by atoms with Gasteiger partial charge in [-0.3, -0.25) is 4.79 Å². The van der Waals surface area contributed by atoms with E-state index in [2.05, 4.69) is 0 Å². The van der Waals surface area contributed by atoms with Gasteiger partial charge in [-0.2, -0.15) is 13.2 Å². The van der Waals surface area contributed by atoms with Crippen molar-refractivity contribution in [1.82, 2.24) is 0 Å². The quantitative estimate of drug-likeness (QED) is 0.544. The summed E-state index contributed by atoms with van der Waals surface area (Å²) in [6, 6.07) is 4.74. The molecule has 0 heterocycles. The first kappa shape index (κ1) is 11.5. The summed E-state index contributed by atoms with van der Waals surface area (Å²) in [6.07, 6.45) is -1.96. The van der Waals surface area contributed by atoms with Crippen molar-refractivity contribution in [2.24, 2.45) is 0 Å². The van der Waals surface area contributed by atoms with Crippen molar-refractivity contribution in [3.8, 4) is 0 Å². The highest BCUT2D eigenvalue weighted by atomic mass is 19.4. The molecule has 0 saturated carbocycles. The van der Waals surface area contributed by atoms with Crippen molar-refractivity contribution in [1.29, 1.82) is 0 Å². The predicted molar refractivity (Wildman–Crippen MR) is 50.6 cm³/mol. The molecular formula is C11H9F3O. The molecule has 0 aliphatic rings. The van der Waals surface area contributed by atoms with E-state index in [1.54, 1.807) is 6.92 Å². The summed E-state index contributed by atoms with van der Waals surface area (Å²) in [5, 5.41) is 0. The van der Waals surface area contributed by atoms with E-state index in [-0.39, 0.29) is 5.56 Å². The van der Waals surface area contributed by atoms with Gasteiger partial charge in [-0.25, -0.2) is 0 Å². The van der Waals surface area contributed by atoms with Crippen LogP contribution in [0.15, 0.2) is 36.4 Å². The minimum absolute atomic E-state index is 0.317. The van der Waals surface area contributed by atoms with Crippen molar-refractivity contribution in [2.45, 2.75) is 13.1 Å². The Morgan fingerprint density at radius 2 is 1.87 bits per heavy atom. The molecule has 0 fully saturated rings. The van der Waals surface area contributed by atoms with Gasteiger partial charge >= 0.3 is 6.18 Å². The highest BCUT2D eigenvalue weighted by Gasteiger charge is 2.34. The predicted octanol–water partition coefficient (Wildman–Crippen LogP) is 3.46. The molecule has 0 amide bonds. The van der Waals surface area contributed by atoms with E-state index in [0.717, 1.165) is 12.1 Å². The molecule has 0 aliphatic carbocycles. The second-order valence-electron chi connectivity index (χ2n) is 2.91. The van der Waals surface area contributed by atoms with Crippen molar-refractivity contribution in [2.75, 3.05) is 0 Å². The van der Waals surface area contributed by atoms with E-state index in [1.807, 2.05) is 0 Å². The molecule has 0 spiro atoms. The lowest BCUT2D eigenvalue weighted by Gasteiger charge is -2.09. The molecule has 1 rings (SSSR count). The Morgan fingerprint density at radius 3 is 2.40 bits per heavy atom. The first-order chi connectivity index (χ1) is 6.96. The molecule has 0 N–H and O–H groups in total. The third-order valence-corrected chi connectivity index (χ3v) is 1.82. The minimum Gasteiger partial charge on any atom is -0.289 e. The molecule has 4 heteroatoms. The van der Waals surface area contributed by atoms with Gasteiger partial charge in [-0.1, -0.05) is 24.3 Å². The minimum atomic E-state index is -4.49. The number of halogens is 3. The third kappa shape index (κ3) is 2.68. The van der Waals surface area contributed by atoms with Crippen LogP contribution in [0.2, 0.25) is 0 Å². The van der Waals surface area contributed by atoms with E-state index in [4.69, 9.17) is 0 Å². The van der Waals surface area contributed by atoms with Gasteiger partial charge in [-0.05, 0) is 19.1 Å². The topological polar surface area (TPSA) is 17.1 Å². The monoisotopic (exact) mass is 214 g/mol. The van der Waals surface area contributed by atoms with E-state index in [0.29, 0.717) is 0 Å². The molecule has 0 aromatic heterocycles. The van der Waals surface area contributed by atoms with Crippen molar-refractivity contribution in [3.63, 3.8) is 0 Å². The first-order valence-electron chi connectivity index (χ1n) is 4.30. The highest BCUT2D eigenvalue weighted by molar-refractivity contribution is 6.05. The maximum atomic E-state index is 12.5. The summed E-state index contributed by atoms with van der Waals surface area (Å²) in [4.78, 5) is 11.3. The second-order valence-corrected chi connectivity index (χ2v) is 2.91. The average Bonchev–Trinajstić information content (AvgIpc) is 2.17. The summed E-state index contributed by atoms with van der Waals surface area (Å²) in [5.41, 5.74) is -1.21. The van der Waals surface area contributed by atoms with Crippen molar-refractivity contribution >= 4 is 5.78 Å². The number of carbonyl (C=O) groups is 1. The van der Waals surface area contributed by atoms with E-state index in [1.165, 1.54) is 24.3 Å². The molecule has 0 atom stereocenters. The second kappa shape index (κ2) is 4.29. The highest BCUT2D eigenvalue weighted by Crippen LogP contribution is 2.32. The lowest BCUT2D eigenvalue weighted by atomic mass is 10.0. The number of hydrogen-bond donors (Lipinski definition) is 0. The third-order valence-electron chi connectivity index (χ3n) is 1.82. The normalized spacial score (nSPS) is 12.0. The van der Waals surface area contributed by atoms with Gasteiger partial charge in [0.1, 0.15) is 0 Å². The lowest BCUT2D eigenvalue weighted by molar-refractivity contribution is -0.137. The molecule has 0 unspecified atom stereocenters. The molecule has 0 bridgehead atoms. The van der Waals surface area contributed by atoms with Gasteiger partial charge in [-0.15, -0.1) is 0 Å². The summed E-state index contributed by atoms with van der Waals surface area (Å²) in [5.74, 6) is -0.634. The van der Waals surface area contributed by atoms with E-state index >= 15 is 0 Å². The van der Waals surface area contributed by atoms with Crippen molar-refractivity contribution < 1.29 is 18.0 Å². The van der Waals surface area contributed by atoms with Crippen molar-refractivity contribution in [3.05, 3.63) is 47.5 Å². The van der Waals surface area contributed by atoms with E-state index in [9.17, 15) is 18.0 Å². The van der Waals surface area contributed by atoms with Crippen LogP contribution in [0.25, 0.3) is 0 Å². The molecule has 0 radical (unpaired) electrons. The van der Waals surface area contributed by atoms with Crippen LogP contribution in [0.1, 0.15) is 22.8 Å². The van der Waals surface area contributed by atoms with Gasteiger partial charge in [0.15, 0.2) is 5.78 Å². The molecule has 0 aliphatic heterocycles. The number of alkyl halides is 3. The summed E-state index contributed by atoms with van der Waals surface area (Å²) < 4.78 is 37.4. The van der Waals surface area contributed by atoms with Gasteiger partial charge in [0.2, 0.25) is 0 Å². The number of ketones is 1. The molecule has 0 saturated heterocycles. The molecular weight excluding hydrogens is 205 g/mol. The number of hydrogen-bond acceptors (Lipinski definition) is 1. The summed E-state index contributed by atoms with van der Waals surface area (Å²) in [6.45, 7) is 1.58. The Morgan fingerprint density at radius 1 is 1.27 bits per heavy atom. The Hall–Kier alpha value is -1.58. The Bertz CT molecular complexity index is 391. The number of benzene rings is 1. The van der Waals surface area contributed by atoms with Crippen LogP contribution >= 0.6 is 0 Å². The van der Waals surface area contributed by atoms with Crippen LogP contribution in [0.4, 0.5) is 13.2 Å². The Kier molecular flexibility index (Phi) is 3.29. The zero-order valence-electron chi connectivity index (χ0n) is 8.01. The Labute approximate surface area is 85.2 Å². The number of carbonyl (C=O) groups excluding carboxylic acids is 1. The smallest absolute Gasteiger partial charge is 0.289 e. The van der Waals surface area contributed by atoms with Crippen LogP contribution in [0, 0.1) is 0 Å². The summed E-state index contributed by atoms with van der Waals surface area (Å²) in [7, 11) is 0. The fourth-order valence-electron chi connectivity index (χ4n) is 1.19. The van der Waals surface area contributed by atoms with Gasteiger partial charge in [0.05, 0.1) is 5.56 Å². The maximum Gasteiger partial charge on any atom is 0.417 e. The van der Waals surface area contributed by atoms with Crippen LogP contribution in [0.3, 0.4) is 0 Å². The molecule has 15 heavy (non-hydrogen) atoms. The van der Waals surface area contributed by atoms with Crippen LogP contribution in [-0.2, 0) is 6.18 Å². The Balaban J connectivity index is 3.24. The first-order valence-corrected chi connectivity index (χ1v) is 4.30. The van der Waals surface area contributed by atoms with Gasteiger partial charge < -0.3 is 0 Å². The molecule has 1 aromatic carbocycles. The number of allylic oxidation sites excluding steroid dienone is 2. The standard InChI is InChI=1S/C11H9F3O/c1-2-5-10(15)8-6-3-4-7-9(8)11(12,13)14/h2-7H,1H3. The van der Waals surface area contributed by atoms with Crippen LogP contribution in [0.5, 0.6) is 0 Å².